The maximum atomic E-state index is 6.58. The standard InChI is InChI=1S/C14H19Cl2N/c1-13(2)7-4-8-14(17,9-13)10-5-3-6-11(15)12(10)16/h3,5-6H,4,7-9,17H2,1-2H3. The smallest absolute Gasteiger partial charge is 0.0642 e. The SMILES string of the molecule is CC1(C)CCCC(N)(c2cccc(Cl)c2Cl)C1. The van der Waals surface area contributed by atoms with Crippen LogP contribution in [0.2, 0.25) is 10.0 Å². The quantitative estimate of drug-likeness (QED) is 0.784. The van der Waals surface area contributed by atoms with Crippen LogP contribution in [0.5, 0.6) is 0 Å². The lowest BCUT2D eigenvalue weighted by Gasteiger charge is -2.43. The Hall–Kier alpha value is -0.240. The molecule has 1 nitrogen and oxygen atoms in total. The molecule has 1 saturated carbocycles. The topological polar surface area (TPSA) is 26.0 Å². The van der Waals surface area contributed by atoms with E-state index in [9.17, 15) is 0 Å². The van der Waals surface area contributed by atoms with Crippen LogP contribution in [0.25, 0.3) is 0 Å². The van der Waals surface area contributed by atoms with Gasteiger partial charge in [-0.05, 0) is 36.3 Å². The van der Waals surface area contributed by atoms with Gasteiger partial charge in [-0.1, -0.05) is 55.6 Å². The molecule has 0 spiro atoms. The first-order valence-corrected chi connectivity index (χ1v) is 6.83. The van der Waals surface area contributed by atoms with Crippen molar-refractivity contribution < 1.29 is 0 Å². The molecule has 1 fully saturated rings. The Bertz CT molecular complexity index is 428. The predicted molar refractivity (Wildman–Crippen MR) is 74.6 cm³/mol. The molecular formula is C14H19Cl2N. The van der Waals surface area contributed by atoms with Crippen molar-refractivity contribution >= 4 is 23.2 Å². The van der Waals surface area contributed by atoms with Gasteiger partial charge in [0.15, 0.2) is 0 Å². The molecule has 1 aliphatic carbocycles. The van der Waals surface area contributed by atoms with E-state index in [4.69, 9.17) is 28.9 Å². The molecule has 1 aromatic rings. The third-order valence-electron chi connectivity index (χ3n) is 3.76. The number of halogens is 2. The number of hydrogen-bond donors (Lipinski definition) is 1. The second-order valence-electron chi connectivity index (χ2n) is 5.95. The van der Waals surface area contributed by atoms with Crippen molar-refractivity contribution in [2.45, 2.75) is 45.1 Å². The summed E-state index contributed by atoms with van der Waals surface area (Å²) in [5.74, 6) is 0. The Morgan fingerprint density at radius 1 is 1.18 bits per heavy atom. The number of benzene rings is 1. The highest BCUT2D eigenvalue weighted by Gasteiger charge is 2.39. The lowest BCUT2D eigenvalue weighted by Crippen LogP contribution is -2.44. The highest BCUT2D eigenvalue weighted by atomic mass is 35.5. The fourth-order valence-electron chi connectivity index (χ4n) is 3.03. The van der Waals surface area contributed by atoms with Crippen LogP contribution in [-0.4, -0.2) is 0 Å². The summed E-state index contributed by atoms with van der Waals surface area (Å²) in [7, 11) is 0. The van der Waals surface area contributed by atoms with Crippen molar-refractivity contribution in [3.8, 4) is 0 Å². The van der Waals surface area contributed by atoms with Gasteiger partial charge in [-0.2, -0.15) is 0 Å². The van der Waals surface area contributed by atoms with Gasteiger partial charge in [-0.3, -0.25) is 0 Å². The molecule has 0 aliphatic heterocycles. The van der Waals surface area contributed by atoms with E-state index in [1.165, 1.54) is 6.42 Å². The molecule has 1 unspecified atom stereocenters. The van der Waals surface area contributed by atoms with Crippen LogP contribution in [-0.2, 0) is 5.54 Å². The van der Waals surface area contributed by atoms with E-state index in [1.807, 2.05) is 18.2 Å². The monoisotopic (exact) mass is 271 g/mol. The minimum atomic E-state index is -0.330. The Balaban J connectivity index is 2.41. The van der Waals surface area contributed by atoms with Gasteiger partial charge in [-0.25, -0.2) is 0 Å². The lowest BCUT2D eigenvalue weighted by atomic mass is 9.66. The zero-order valence-corrected chi connectivity index (χ0v) is 11.9. The summed E-state index contributed by atoms with van der Waals surface area (Å²) >= 11 is 12.4. The van der Waals surface area contributed by atoms with Gasteiger partial charge in [0.1, 0.15) is 0 Å². The van der Waals surface area contributed by atoms with E-state index < -0.39 is 0 Å². The zero-order valence-electron chi connectivity index (χ0n) is 10.4. The molecule has 2 rings (SSSR count). The normalized spacial score (nSPS) is 28.1. The Morgan fingerprint density at radius 3 is 2.53 bits per heavy atom. The summed E-state index contributed by atoms with van der Waals surface area (Å²) in [5, 5.41) is 1.21. The highest BCUT2D eigenvalue weighted by molar-refractivity contribution is 6.42. The molecule has 0 heterocycles. The summed E-state index contributed by atoms with van der Waals surface area (Å²) in [4.78, 5) is 0. The van der Waals surface area contributed by atoms with E-state index >= 15 is 0 Å². The molecule has 0 bridgehead atoms. The van der Waals surface area contributed by atoms with Gasteiger partial charge >= 0.3 is 0 Å². The molecule has 94 valence electrons. The fraction of sp³-hybridized carbons (Fsp3) is 0.571. The van der Waals surface area contributed by atoms with Crippen molar-refractivity contribution in [1.82, 2.24) is 0 Å². The molecule has 0 amide bonds. The lowest BCUT2D eigenvalue weighted by molar-refractivity contribution is 0.151. The van der Waals surface area contributed by atoms with Gasteiger partial charge in [0.05, 0.1) is 10.0 Å². The molecule has 0 aromatic heterocycles. The second kappa shape index (κ2) is 4.46. The van der Waals surface area contributed by atoms with Crippen molar-refractivity contribution in [2.24, 2.45) is 11.1 Å². The largest absolute Gasteiger partial charge is 0.321 e. The Labute approximate surface area is 113 Å². The van der Waals surface area contributed by atoms with Crippen LogP contribution in [0.3, 0.4) is 0 Å². The number of rotatable bonds is 1. The van der Waals surface area contributed by atoms with E-state index in [2.05, 4.69) is 13.8 Å². The average molecular weight is 272 g/mol. The maximum absolute atomic E-state index is 6.58. The first-order chi connectivity index (χ1) is 7.84. The van der Waals surface area contributed by atoms with Crippen LogP contribution < -0.4 is 5.73 Å². The van der Waals surface area contributed by atoms with E-state index in [1.54, 1.807) is 0 Å². The molecular weight excluding hydrogens is 253 g/mol. The molecule has 3 heteroatoms. The summed E-state index contributed by atoms with van der Waals surface area (Å²) in [5.41, 5.74) is 7.53. The van der Waals surface area contributed by atoms with E-state index in [0.717, 1.165) is 24.8 Å². The molecule has 17 heavy (non-hydrogen) atoms. The Morgan fingerprint density at radius 2 is 1.88 bits per heavy atom. The van der Waals surface area contributed by atoms with Crippen LogP contribution in [0, 0.1) is 5.41 Å². The Kier molecular flexibility index (Phi) is 3.46. The summed E-state index contributed by atoms with van der Waals surface area (Å²) in [6.07, 6.45) is 4.31. The first kappa shape index (κ1) is 13.2. The van der Waals surface area contributed by atoms with E-state index in [-0.39, 0.29) is 11.0 Å². The minimum absolute atomic E-state index is 0.276. The van der Waals surface area contributed by atoms with E-state index in [0.29, 0.717) is 10.0 Å². The molecule has 1 atom stereocenters. The van der Waals surface area contributed by atoms with Crippen LogP contribution in [0.4, 0.5) is 0 Å². The van der Waals surface area contributed by atoms with Crippen LogP contribution in [0.15, 0.2) is 18.2 Å². The van der Waals surface area contributed by atoms with Crippen LogP contribution in [0.1, 0.15) is 45.1 Å². The molecule has 0 radical (unpaired) electrons. The van der Waals surface area contributed by atoms with Gasteiger partial charge < -0.3 is 5.73 Å². The molecule has 1 aromatic carbocycles. The van der Waals surface area contributed by atoms with Crippen molar-refractivity contribution in [3.05, 3.63) is 33.8 Å². The predicted octanol–water partition coefficient (Wildman–Crippen LogP) is 4.75. The summed E-state index contributed by atoms with van der Waals surface area (Å²) in [6.45, 7) is 4.54. The minimum Gasteiger partial charge on any atom is -0.321 e. The third kappa shape index (κ3) is 2.62. The summed E-state index contributed by atoms with van der Waals surface area (Å²) in [6, 6.07) is 5.75. The number of nitrogens with two attached hydrogens (primary N) is 1. The zero-order chi connectivity index (χ0) is 12.7. The van der Waals surface area contributed by atoms with Crippen molar-refractivity contribution in [3.63, 3.8) is 0 Å². The first-order valence-electron chi connectivity index (χ1n) is 6.07. The van der Waals surface area contributed by atoms with Gasteiger partial charge in [0.25, 0.3) is 0 Å². The van der Waals surface area contributed by atoms with Crippen molar-refractivity contribution in [1.29, 1.82) is 0 Å². The van der Waals surface area contributed by atoms with Gasteiger partial charge in [0, 0.05) is 5.54 Å². The maximum Gasteiger partial charge on any atom is 0.0642 e. The summed E-state index contributed by atoms with van der Waals surface area (Å²) < 4.78 is 0. The molecule has 2 N–H and O–H groups in total. The third-order valence-corrected chi connectivity index (χ3v) is 4.58. The van der Waals surface area contributed by atoms with Crippen LogP contribution >= 0.6 is 23.2 Å². The van der Waals surface area contributed by atoms with Gasteiger partial charge in [0.2, 0.25) is 0 Å². The van der Waals surface area contributed by atoms with Crippen molar-refractivity contribution in [2.75, 3.05) is 0 Å². The highest BCUT2D eigenvalue weighted by Crippen LogP contribution is 2.47. The molecule has 1 aliphatic rings. The second-order valence-corrected chi connectivity index (χ2v) is 6.74. The number of hydrogen-bond acceptors (Lipinski definition) is 1. The average Bonchev–Trinajstić information content (AvgIpc) is 2.20. The molecule has 0 saturated heterocycles. The van der Waals surface area contributed by atoms with Gasteiger partial charge in [-0.15, -0.1) is 0 Å². The fourth-order valence-corrected chi connectivity index (χ4v) is 3.52.